The molecule has 1 aromatic heterocycles. The van der Waals surface area contributed by atoms with Crippen molar-refractivity contribution in [2.24, 2.45) is 5.92 Å². The molecule has 3 heteroatoms. The van der Waals surface area contributed by atoms with Crippen LogP contribution in [0.15, 0.2) is 24.8 Å². The summed E-state index contributed by atoms with van der Waals surface area (Å²) in [6.45, 7) is 1.14. The molecule has 1 saturated heterocycles. The Morgan fingerprint density at radius 2 is 2.14 bits per heavy atom. The predicted molar refractivity (Wildman–Crippen MR) is 54.5 cm³/mol. The van der Waals surface area contributed by atoms with E-state index in [1.165, 1.54) is 17.6 Å². The summed E-state index contributed by atoms with van der Waals surface area (Å²) in [6, 6.07) is 0.681. The average Bonchev–Trinajstić information content (AvgIpc) is 2.59. The molecule has 0 amide bonds. The van der Waals surface area contributed by atoms with E-state index >= 15 is 0 Å². The van der Waals surface area contributed by atoms with E-state index in [0.29, 0.717) is 6.04 Å². The second-order valence-corrected chi connectivity index (χ2v) is 4.12. The third kappa shape index (κ3) is 1.34. The van der Waals surface area contributed by atoms with Gasteiger partial charge in [0.1, 0.15) is 6.33 Å². The molecule has 1 aliphatic carbocycles. The number of hydrogen-bond acceptors (Lipinski definition) is 3. The smallest absolute Gasteiger partial charge is 0.115 e. The third-order valence-electron chi connectivity index (χ3n) is 3.09. The Balaban J connectivity index is 1.93. The van der Waals surface area contributed by atoms with Gasteiger partial charge in [-0.1, -0.05) is 6.08 Å². The summed E-state index contributed by atoms with van der Waals surface area (Å²) >= 11 is 0. The first kappa shape index (κ1) is 8.12. The molecular formula is C11H13N3. The zero-order valence-corrected chi connectivity index (χ0v) is 7.98. The first-order chi connectivity index (χ1) is 6.92. The van der Waals surface area contributed by atoms with Gasteiger partial charge in [0.2, 0.25) is 0 Å². The number of nitrogens with zero attached hydrogens (tertiary/aromatic N) is 2. The summed E-state index contributed by atoms with van der Waals surface area (Å²) in [5.41, 5.74) is 2.60. The fraction of sp³-hybridized carbons (Fsp3) is 0.455. The highest BCUT2D eigenvalue weighted by Crippen LogP contribution is 2.32. The molecule has 0 saturated carbocycles. The maximum atomic E-state index is 4.06. The van der Waals surface area contributed by atoms with Gasteiger partial charge in [0, 0.05) is 30.5 Å². The lowest BCUT2D eigenvalue weighted by atomic mass is 9.88. The number of hydrogen-bond donors (Lipinski definition) is 1. The van der Waals surface area contributed by atoms with E-state index in [4.69, 9.17) is 0 Å². The first-order valence-corrected chi connectivity index (χ1v) is 5.11. The Bertz CT molecular complexity index is 358. The second kappa shape index (κ2) is 3.17. The topological polar surface area (TPSA) is 37.8 Å². The van der Waals surface area contributed by atoms with Gasteiger partial charge < -0.3 is 5.32 Å². The first-order valence-electron chi connectivity index (χ1n) is 5.11. The van der Waals surface area contributed by atoms with Gasteiger partial charge in [0.25, 0.3) is 0 Å². The quantitative estimate of drug-likeness (QED) is 0.718. The standard InChI is InChI=1S/C11H13N3/c1-8-2-11(14-4-8)3-9(1)10-5-12-7-13-6-10/h1,5-8,11,14H,2-4H2. The van der Waals surface area contributed by atoms with Crippen LogP contribution in [0.25, 0.3) is 5.57 Å². The highest BCUT2D eigenvalue weighted by molar-refractivity contribution is 5.66. The van der Waals surface area contributed by atoms with Crippen LogP contribution in [0.3, 0.4) is 0 Å². The van der Waals surface area contributed by atoms with Gasteiger partial charge in [-0.15, -0.1) is 0 Å². The Morgan fingerprint density at radius 1 is 1.29 bits per heavy atom. The summed E-state index contributed by atoms with van der Waals surface area (Å²) in [5, 5.41) is 3.53. The fourth-order valence-corrected chi connectivity index (χ4v) is 2.43. The molecule has 2 atom stereocenters. The Kier molecular flexibility index (Phi) is 1.84. The molecule has 3 rings (SSSR count). The van der Waals surface area contributed by atoms with Gasteiger partial charge in [0.05, 0.1) is 0 Å². The highest BCUT2D eigenvalue weighted by Gasteiger charge is 2.28. The van der Waals surface area contributed by atoms with Gasteiger partial charge >= 0.3 is 0 Å². The van der Waals surface area contributed by atoms with Gasteiger partial charge in [-0.3, -0.25) is 0 Å². The van der Waals surface area contributed by atoms with Crippen molar-refractivity contribution in [1.29, 1.82) is 0 Å². The van der Waals surface area contributed by atoms with Gasteiger partial charge in [-0.05, 0) is 24.3 Å². The molecule has 0 aromatic carbocycles. The van der Waals surface area contributed by atoms with Gasteiger partial charge in [0.15, 0.2) is 0 Å². The molecule has 72 valence electrons. The maximum Gasteiger partial charge on any atom is 0.115 e. The van der Waals surface area contributed by atoms with Gasteiger partial charge in [-0.25, -0.2) is 9.97 Å². The van der Waals surface area contributed by atoms with Crippen LogP contribution >= 0.6 is 0 Å². The van der Waals surface area contributed by atoms with Crippen LogP contribution in [0.4, 0.5) is 0 Å². The number of fused-ring (bicyclic) bond motifs is 2. The zero-order valence-electron chi connectivity index (χ0n) is 7.98. The minimum absolute atomic E-state index is 0.681. The number of rotatable bonds is 1. The van der Waals surface area contributed by atoms with Crippen molar-refractivity contribution in [2.45, 2.75) is 18.9 Å². The molecule has 1 fully saturated rings. The van der Waals surface area contributed by atoms with E-state index in [2.05, 4.69) is 21.4 Å². The van der Waals surface area contributed by atoms with Crippen LogP contribution in [0, 0.1) is 5.92 Å². The average molecular weight is 187 g/mol. The van der Waals surface area contributed by atoms with E-state index in [-0.39, 0.29) is 0 Å². The number of aromatic nitrogens is 2. The van der Waals surface area contributed by atoms with Crippen LogP contribution in [0.2, 0.25) is 0 Å². The van der Waals surface area contributed by atoms with Crippen molar-refractivity contribution in [2.75, 3.05) is 6.54 Å². The third-order valence-corrected chi connectivity index (χ3v) is 3.09. The van der Waals surface area contributed by atoms with E-state index in [1.54, 1.807) is 6.33 Å². The Hall–Kier alpha value is -1.22. The maximum absolute atomic E-state index is 4.06. The molecule has 14 heavy (non-hydrogen) atoms. The molecule has 1 N–H and O–H groups in total. The monoisotopic (exact) mass is 187 g/mol. The molecule has 2 heterocycles. The van der Waals surface area contributed by atoms with E-state index < -0.39 is 0 Å². The molecule has 2 aliphatic rings. The molecule has 1 aromatic rings. The van der Waals surface area contributed by atoms with Crippen molar-refractivity contribution in [1.82, 2.24) is 15.3 Å². The molecule has 0 spiro atoms. The molecular weight excluding hydrogens is 174 g/mol. The highest BCUT2D eigenvalue weighted by atomic mass is 15.0. The van der Waals surface area contributed by atoms with E-state index in [0.717, 1.165) is 18.9 Å². The fourth-order valence-electron chi connectivity index (χ4n) is 2.43. The molecule has 0 radical (unpaired) electrons. The van der Waals surface area contributed by atoms with Crippen molar-refractivity contribution >= 4 is 5.57 Å². The molecule has 2 bridgehead atoms. The minimum atomic E-state index is 0.681. The lowest BCUT2D eigenvalue weighted by molar-refractivity contribution is 0.596. The summed E-state index contributed by atoms with van der Waals surface area (Å²) in [6.07, 6.45) is 10.2. The predicted octanol–water partition coefficient (Wildman–Crippen LogP) is 1.24. The Labute approximate surface area is 83.3 Å². The van der Waals surface area contributed by atoms with E-state index in [9.17, 15) is 0 Å². The van der Waals surface area contributed by atoms with Crippen molar-refractivity contribution in [3.63, 3.8) is 0 Å². The van der Waals surface area contributed by atoms with Crippen LogP contribution in [0.1, 0.15) is 18.4 Å². The van der Waals surface area contributed by atoms with Crippen LogP contribution in [-0.2, 0) is 0 Å². The van der Waals surface area contributed by atoms with Crippen molar-refractivity contribution in [3.8, 4) is 0 Å². The lowest BCUT2D eigenvalue weighted by Crippen LogP contribution is -2.21. The van der Waals surface area contributed by atoms with Crippen molar-refractivity contribution < 1.29 is 0 Å². The summed E-state index contributed by atoms with van der Waals surface area (Å²) in [5.74, 6) is 0.726. The normalized spacial score (nSPS) is 30.1. The molecule has 3 nitrogen and oxygen atoms in total. The SMILES string of the molecule is C1=C(c2cncnc2)CC2CC1CN2. The minimum Gasteiger partial charge on any atom is -0.313 e. The zero-order chi connectivity index (χ0) is 9.38. The van der Waals surface area contributed by atoms with Gasteiger partial charge in [-0.2, -0.15) is 0 Å². The molecule has 2 unspecified atom stereocenters. The van der Waals surface area contributed by atoms with Crippen molar-refractivity contribution in [3.05, 3.63) is 30.4 Å². The molecule has 1 aliphatic heterocycles. The summed E-state index contributed by atoms with van der Waals surface area (Å²) < 4.78 is 0. The largest absolute Gasteiger partial charge is 0.313 e. The lowest BCUT2D eigenvalue weighted by Gasteiger charge is -2.18. The van der Waals surface area contributed by atoms with Crippen LogP contribution in [0.5, 0.6) is 0 Å². The second-order valence-electron chi connectivity index (χ2n) is 4.12. The van der Waals surface area contributed by atoms with Crippen LogP contribution < -0.4 is 5.32 Å². The van der Waals surface area contributed by atoms with Crippen LogP contribution in [-0.4, -0.2) is 22.6 Å². The summed E-state index contributed by atoms with van der Waals surface area (Å²) in [4.78, 5) is 8.12. The number of nitrogens with one attached hydrogen (secondary N) is 1. The van der Waals surface area contributed by atoms with E-state index in [1.807, 2.05) is 12.4 Å². The summed E-state index contributed by atoms with van der Waals surface area (Å²) in [7, 11) is 0. The Morgan fingerprint density at radius 3 is 2.93 bits per heavy atom.